The third-order valence-electron chi connectivity index (χ3n) is 2.81. The predicted molar refractivity (Wildman–Crippen MR) is 71.9 cm³/mol. The molecule has 5 heteroatoms. The molecule has 0 radical (unpaired) electrons. The van der Waals surface area contributed by atoms with Crippen molar-refractivity contribution in [3.05, 3.63) is 33.5 Å². The lowest BCUT2D eigenvalue weighted by Gasteiger charge is -1.99. The van der Waals surface area contributed by atoms with Crippen molar-refractivity contribution >= 4 is 17.1 Å². The zero-order chi connectivity index (χ0) is 13.1. The van der Waals surface area contributed by atoms with Gasteiger partial charge in [-0.05, 0) is 19.4 Å². The minimum atomic E-state index is 0.186. The molecule has 0 N–H and O–H groups in total. The van der Waals surface area contributed by atoms with Crippen molar-refractivity contribution in [1.29, 1.82) is 0 Å². The summed E-state index contributed by atoms with van der Waals surface area (Å²) in [5.74, 6) is 0.186. The molecule has 2 aromatic rings. The van der Waals surface area contributed by atoms with Gasteiger partial charge >= 0.3 is 0 Å². The minimum absolute atomic E-state index is 0.186. The van der Waals surface area contributed by atoms with E-state index in [1.54, 1.807) is 16.0 Å². The number of hydrogen-bond donors (Lipinski definition) is 0. The summed E-state index contributed by atoms with van der Waals surface area (Å²) in [5, 5.41) is 7.30. The number of carbonyl (C=O) groups excluding carboxylic acids is 1. The molecule has 0 atom stereocenters. The second-order valence-corrected chi connectivity index (χ2v) is 5.42. The van der Waals surface area contributed by atoms with Crippen LogP contribution in [0, 0.1) is 6.92 Å². The Kier molecular flexibility index (Phi) is 3.91. The fraction of sp³-hybridized carbons (Fsp3) is 0.462. The van der Waals surface area contributed by atoms with Crippen LogP contribution in [0.5, 0.6) is 0 Å². The van der Waals surface area contributed by atoms with Crippen LogP contribution in [-0.2, 0) is 31.1 Å². The van der Waals surface area contributed by atoms with E-state index in [0.717, 1.165) is 28.5 Å². The Morgan fingerprint density at radius 3 is 2.72 bits per heavy atom. The van der Waals surface area contributed by atoms with Gasteiger partial charge in [0.2, 0.25) is 0 Å². The Morgan fingerprint density at radius 2 is 2.17 bits per heavy atom. The topological polar surface area (TPSA) is 47.8 Å². The molecular weight excluding hydrogens is 246 g/mol. The highest BCUT2D eigenvalue weighted by Crippen LogP contribution is 2.11. The van der Waals surface area contributed by atoms with E-state index in [9.17, 15) is 4.79 Å². The normalized spacial score (nSPS) is 10.8. The molecule has 0 bridgehead atoms. The maximum Gasteiger partial charge on any atom is 0.144 e. The average Bonchev–Trinajstić information content (AvgIpc) is 2.86. The summed E-state index contributed by atoms with van der Waals surface area (Å²) in [4.78, 5) is 16.3. The highest BCUT2D eigenvalue weighted by atomic mass is 32.1. The lowest BCUT2D eigenvalue weighted by molar-refractivity contribution is -0.117. The van der Waals surface area contributed by atoms with Crippen LogP contribution >= 0.6 is 11.3 Å². The number of ketones is 1. The Bertz CT molecular complexity index is 556. The molecule has 0 spiro atoms. The van der Waals surface area contributed by atoms with Crippen molar-refractivity contribution in [1.82, 2.24) is 14.8 Å². The van der Waals surface area contributed by atoms with Crippen LogP contribution < -0.4 is 0 Å². The van der Waals surface area contributed by atoms with E-state index in [1.165, 1.54) is 0 Å². The summed E-state index contributed by atoms with van der Waals surface area (Å²) >= 11 is 1.58. The van der Waals surface area contributed by atoms with Crippen molar-refractivity contribution in [3.63, 3.8) is 0 Å². The van der Waals surface area contributed by atoms with Crippen LogP contribution in [-0.4, -0.2) is 20.5 Å². The van der Waals surface area contributed by atoms with E-state index in [4.69, 9.17) is 0 Å². The Hall–Kier alpha value is -1.49. The molecule has 0 fully saturated rings. The summed E-state index contributed by atoms with van der Waals surface area (Å²) < 4.78 is 1.79. The number of carbonyl (C=O) groups is 1. The number of hydrogen-bond acceptors (Lipinski definition) is 4. The van der Waals surface area contributed by atoms with Gasteiger partial charge in [-0.2, -0.15) is 5.10 Å². The van der Waals surface area contributed by atoms with Crippen LogP contribution in [0.15, 0.2) is 11.4 Å². The van der Waals surface area contributed by atoms with Crippen LogP contribution in [0.1, 0.15) is 29.0 Å². The summed E-state index contributed by atoms with van der Waals surface area (Å²) in [7, 11) is 1.88. The van der Waals surface area contributed by atoms with E-state index in [-0.39, 0.29) is 5.78 Å². The molecule has 0 aromatic carbocycles. The monoisotopic (exact) mass is 263 g/mol. The number of thiazole rings is 1. The molecule has 0 aliphatic heterocycles. The minimum Gasteiger partial charge on any atom is -0.299 e. The Morgan fingerprint density at radius 1 is 1.39 bits per heavy atom. The summed E-state index contributed by atoms with van der Waals surface area (Å²) in [5.41, 5.74) is 2.88. The maximum absolute atomic E-state index is 12.0. The fourth-order valence-corrected chi connectivity index (χ4v) is 2.48. The van der Waals surface area contributed by atoms with E-state index >= 15 is 0 Å². The quantitative estimate of drug-likeness (QED) is 0.830. The summed E-state index contributed by atoms with van der Waals surface area (Å²) in [6, 6.07) is 2.00. The zero-order valence-corrected chi connectivity index (χ0v) is 11.8. The van der Waals surface area contributed by atoms with Crippen molar-refractivity contribution < 1.29 is 4.79 Å². The van der Waals surface area contributed by atoms with Crippen LogP contribution in [0.3, 0.4) is 0 Å². The van der Waals surface area contributed by atoms with E-state index in [1.807, 2.05) is 25.4 Å². The lowest BCUT2D eigenvalue weighted by Crippen LogP contribution is -2.10. The molecule has 0 aliphatic rings. The van der Waals surface area contributed by atoms with Crippen molar-refractivity contribution in [2.24, 2.45) is 7.05 Å². The number of nitrogens with zero attached hydrogens (tertiary/aromatic N) is 3. The molecule has 96 valence electrons. The molecule has 2 aromatic heterocycles. The van der Waals surface area contributed by atoms with Gasteiger partial charge in [0.05, 0.1) is 16.4 Å². The first-order valence-electron chi connectivity index (χ1n) is 6.03. The molecule has 0 saturated heterocycles. The third-order valence-corrected chi connectivity index (χ3v) is 3.64. The zero-order valence-electron chi connectivity index (χ0n) is 10.9. The van der Waals surface area contributed by atoms with Crippen LogP contribution in [0.2, 0.25) is 0 Å². The van der Waals surface area contributed by atoms with Crippen LogP contribution in [0.25, 0.3) is 0 Å². The molecule has 0 amide bonds. The molecule has 18 heavy (non-hydrogen) atoms. The van der Waals surface area contributed by atoms with E-state index in [2.05, 4.69) is 17.0 Å². The summed E-state index contributed by atoms with van der Waals surface area (Å²) in [6.07, 6.45) is 1.74. The Labute approximate surface area is 111 Å². The van der Waals surface area contributed by atoms with Crippen molar-refractivity contribution in [3.8, 4) is 0 Å². The Balaban J connectivity index is 2.00. The SMILES string of the molecule is CCc1cc(CC(=O)Cc2csc(C)n2)n(C)n1. The van der Waals surface area contributed by atoms with Crippen molar-refractivity contribution in [2.45, 2.75) is 33.1 Å². The molecule has 0 saturated carbocycles. The molecule has 2 heterocycles. The summed E-state index contributed by atoms with van der Waals surface area (Å²) in [6.45, 7) is 4.01. The highest BCUT2D eigenvalue weighted by Gasteiger charge is 2.11. The first kappa shape index (κ1) is 13.0. The molecular formula is C13H17N3OS. The van der Waals surface area contributed by atoms with E-state index < -0.39 is 0 Å². The van der Waals surface area contributed by atoms with Gasteiger partial charge in [-0.3, -0.25) is 9.48 Å². The second-order valence-electron chi connectivity index (χ2n) is 4.35. The maximum atomic E-state index is 12.0. The number of aromatic nitrogens is 3. The average molecular weight is 263 g/mol. The van der Waals surface area contributed by atoms with Gasteiger partial charge in [-0.15, -0.1) is 11.3 Å². The fourth-order valence-electron chi connectivity index (χ4n) is 1.87. The lowest BCUT2D eigenvalue weighted by atomic mass is 10.1. The van der Waals surface area contributed by atoms with Crippen LogP contribution in [0.4, 0.5) is 0 Å². The van der Waals surface area contributed by atoms with Crippen molar-refractivity contribution in [2.75, 3.05) is 0 Å². The van der Waals surface area contributed by atoms with E-state index in [0.29, 0.717) is 12.8 Å². The van der Waals surface area contributed by atoms with Gasteiger partial charge < -0.3 is 0 Å². The number of Topliss-reactive ketones (excluding diaryl/α,β-unsaturated/α-hetero) is 1. The first-order chi connectivity index (χ1) is 8.58. The third kappa shape index (κ3) is 3.04. The smallest absolute Gasteiger partial charge is 0.144 e. The van der Waals surface area contributed by atoms with Gasteiger partial charge in [0, 0.05) is 31.0 Å². The standard InChI is InChI=1S/C13H17N3OS/c1-4-10-5-12(16(3)15-10)7-13(17)6-11-8-18-9(2)14-11/h5,8H,4,6-7H2,1-3H3. The predicted octanol–water partition coefficient (Wildman–Crippen LogP) is 2.10. The van der Waals surface area contributed by atoms with Gasteiger partial charge in [0.15, 0.2) is 0 Å². The highest BCUT2D eigenvalue weighted by molar-refractivity contribution is 7.09. The molecule has 4 nitrogen and oxygen atoms in total. The largest absolute Gasteiger partial charge is 0.299 e. The second kappa shape index (κ2) is 5.44. The first-order valence-corrected chi connectivity index (χ1v) is 6.91. The van der Waals surface area contributed by atoms with Gasteiger partial charge in [-0.25, -0.2) is 4.98 Å². The number of aryl methyl sites for hydroxylation is 3. The molecule has 0 unspecified atom stereocenters. The van der Waals surface area contributed by atoms with Gasteiger partial charge in [0.1, 0.15) is 5.78 Å². The van der Waals surface area contributed by atoms with Gasteiger partial charge in [-0.1, -0.05) is 6.92 Å². The number of rotatable bonds is 5. The van der Waals surface area contributed by atoms with Gasteiger partial charge in [0.25, 0.3) is 0 Å². The molecule has 2 rings (SSSR count). The molecule has 0 aliphatic carbocycles.